The monoisotopic (exact) mass is 338 g/mol. The van der Waals surface area contributed by atoms with Crippen molar-refractivity contribution >= 4 is 5.97 Å². The summed E-state index contributed by atoms with van der Waals surface area (Å²) < 4.78 is 17.4. The van der Waals surface area contributed by atoms with Gasteiger partial charge in [-0.1, -0.05) is 17.7 Å². The van der Waals surface area contributed by atoms with E-state index >= 15 is 0 Å². The zero-order valence-corrected chi connectivity index (χ0v) is 16.2. The van der Waals surface area contributed by atoms with Crippen molar-refractivity contribution in [3.05, 3.63) is 24.3 Å². The molecule has 1 aliphatic heterocycles. The van der Waals surface area contributed by atoms with Crippen molar-refractivity contribution < 1.29 is 19.0 Å². The zero-order valence-electron chi connectivity index (χ0n) is 16.2. The van der Waals surface area contributed by atoms with Crippen LogP contribution in [0.25, 0.3) is 0 Å². The Morgan fingerprint density at radius 3 is 2.58 bits per heavy atom. The van der Waals surface area contributed by atoms with E-state index in [1.165, 1.54) is 5.57 Å². The van der Waals surface area contributed by atoms with Crippen LogP contribution >= 0.6 is 0 Å². The quantitative estimate of drug-likeness (QED) is 0.471. The summed E-state index contributed by atoms with van der Waals surface area (Å²) in [5.74, 6) is -0.963. The molecule has 1 saturated heterocycles. The maximum atomic E-state index is 11.9. The predicted octanol–water partition coefficient (Wildman–Crippen LogP) is 4.79. The molecule has 24 heavy (non-hydrogen) atoms. The first kappa shape index (κ1) is 20.9. The van der Waals surface area contributed by atoms with Gasteiger partial charge in [0.15, 0.2) is 5.79 Å². The molecule has 1 fully saturated rings. The summed E-state index contributed by atoms with van der Waals surface area (Å²) in [6.45, 7) is 16.3. The minimum absolute atomic E-state index is 0.0741. The fourth-order valence-electron chi connectivity index (χ4n) is 3.33. The first-order chi connectivity index (χ1) is 11.1. The maximum Gasteiger partial charge on any atom is 0.306 e. The number of rotatable bonds is 8. The van der Waals surface area contributed by atoms with Crippen LogP contribution in [0.4, 0.5) is 0 Å². The van der Waals surface area contributed by atoms with Crippen LogP contribution in [0.3, 0.4) is 0 Å². The molecular weight excluding hydrogens is 304 g/mol. The number of hydrogen-bond donors (Lipinski definition) is 0. The summed E-state index contributed by atoms with van der Waals surface area (Å²) in [5.41, 5.74) is 1.03. The molecule has 0 amide bonds. The Morgan fingerprint density at radius 2 is 2.04 bits per heavy atom. The first-order valence-corrected chi connectivity index (χ1v) is 8.90. The molecule has 3 atom stereocenters. The number of carbonyl (C=O) groups excluding carboxylic acids is 1. The minimum atomic E-state index is -0.682. The average Bonchev–Trinajstić information content (AvgIpc) is 2.42. The van der Waals surface area contributed by atoms with Crippen LogP contribution in [0.1, 0.15) is 67.2 Å². The van der Waals surface area contributed by atoms with Crippen molar-refractivity contribution in [1.29, 1.82) is 0 Å². The molecule has 0 radical (unpaired) electrons. The molecule has 0 saturated carbocycles. The highest BCUT2D eigenvalue weighted by Crippen LogP contribution is 2.40. The van der Waals surface area contributed by atoms with Gasteiger partial charge in [0.05, 0.1) is 24.7 Å². The second-order valence-corrected chi connectivity index (χ2v) is 7.54. The number of ether oxygens (including phenoxy) is 3. The molecule has 0 spiro atoms. The molecule has 0 unspecified atom stereocenters. The van der Waals surface area contributed by atoms with Crippen LogP contribution in [0.15, 0.2) is 24.3 Å². The molecule has 0 aromatic heterocycles. The number of esters is 1. The Morgan fingerprint density at radius 1 is 1.38 bits per heavy atom. The van der Waals surface area contributed by atoms with Crippen LogP contribution in [0.2, 0.25) is 0 Å². The smallest absolute Gasteiger partial charge is 0.306 e. The highest BCUT2D eigenvalue weighted by Gasteiger charge is 2.44. The van der Waals surface area contributed by atoms with E-state index in [0.717, 1.165) is 19.3 Å². The Hall–Kier alpha value is -1.13. The van der Waals surface area contributed by atoms with E-state index in [4.69, 9.17) is 14.2 Å². The van der Waals surface area contributed by atoms with Crippen LogP contribution in [0.5, 0.6) is 0 Å². The van der Waals surface area contributed by atoms with Crippen molar-refractivity contribution in [3.63, 3.8) is 0 Å². The van der Waals surface area contributed by atoms with Gasteiger partial charge in [-0.05, 0) is 54.4 Å². The van der Waals surface area contributed by atoms with E-state index in [-0.39, 0.29) is 23.6 Å². The molecule has 0 aromatic rings. The third kappa shape index (κ3) is 6.78. The van der Waals surface area contributed by atoms with Crippen molar-refractivity contribution in [2.75, 3.05) is 6.61 Å². The third-order valence-electron chi connectivity index (χ3n) is 4.27. The van der Waals surface area contributed by atoms with Gasteiger partial charge in [0.1, 0.15) is 0 Å². The van der Waals surface area contributed by atoms with Crippen LogP contribution in [-0.4, -0.2) is 30.1 Å². The Balaban J connectivity index is 2.83. The minimum Gasteiger partial charge on any atom is -0.466 e. The summed E-state index contributed by atoms with van der Waals surface area (Å²) >= 11 is 0. The van der Waals surface area contributed by atoms with Gasteiger partial charge in [0.25, 0.3) is 0 Å². The Bertz CT molecular complexity index is 462. The topological polar surface area (TPSA) is 44.8 Å². The molecule has 0 aromatic carbocycles. The van der Waals surface area contributed by atoms with E-state index in [9.17, 15) is 4.79 Å². The van der Waals surface area contributed by atoms with Crippen molar-refractivity contribution in [2.45, 2.75) is 84.7 Å². The number of carbonyl (C=O) groups is 1. The highest BCUT2D eigenvalue weighted by molar-refractivity contribution is 5.70. The summed E-state index contributed by atoms with van der Waals surface area (Å²) in [5, 5.41) is 0. The summed E-state index contributed by atoms with van der Waals surface area (Å²) in [7, 11) is 0. The third-order valence-corrected chi connectivity index (χ3v) is 4.27. The number of allylic oxidation sites excluding steroid dienone is 2. The molecule has 4 nitrogen and oxygen atoms in total. The van der Waals surface area contributed by atoms with Gasteiger partial charge in [-0.25, -0.2) is 0 Å². The van der Waals surface area contributed by atoms with Crippen molar-refractivity contribution in [1.82, 2.24) is 0 Å². The second-order valence-electron chi connectivity index (χ2n) is 7.54. The van der Waals surface area contributed by atoms with Gasteiger partial charge >= 0.3 is 5.97 Å². The average molecular weight is 338 g/mol. The van der Waals surface area contributed by atoms with E-state index in [1.54, 1.807) is 6.08 Å². The second kappa shape index (κ2) is 8.82. The van der Waals surface area contributed by atoms with Crippen LogP contribution in [-0.2, 0) is 19.0 Å². The lowest BCUT2D eigenvalue weighted by Gasteiger charge is -2.48. The Labute approximate surface area is 147 Å². The Kier molecular flexibility index (Phi) is 7.68. The molecular formula is C20H34O4. The molecule has 0 N–H and O–H groups in total. The van der Waals surface area contributed by atoms with E-state index < -0.39 is 5.79 Å². The largest absolute Gasteiger partial charge is 0.466 e. The van der Waals surface area contributed by atoms with E-state index in [2.05, 4.69) is 33.4 Å². The zero-order chi connectivity index (χ0) is 18.4. The standard InChI is InChI=1S/C20H34O4/c1-8-16(13-18(21)22-9-2)17-14-20(7,12-10-11-15(3)4)24-19(5,6)23-17/h8,11,16-17H,1,9-10,12-14H2,2-7H3/t16-,17-,20+/m1/s1. The van der Waals surface area contributed by atoms with Crippen LogP contribution in [0, 0.1) is 5.92 Å². The summed E-state index contributed by atoms with van der Waals surface area (Å²) in [6.07, 6.45) is 6.86. The lowest BCUT2D eigenvalue weighted by Crippen LogP contribution is -2.52. The van der Waals surface area contributed by atoms with Crippen molar-refractivity contribution in [3.8, 4) is 0 Å². The van der Waals surface area contributed by atoms with Gasteiger partial charge < -0.3 is 14.2 Å². The van der Waals surface area contributed by atoms with Gasteiger partial charge in [0, 0.05) is 12.3 Å². The molecule has 4 heteroatoms. The number of hydrogen-bond acceptors (Lipinski definition) is 4. The lowest BCUT2D eigenvalue weighted by molar-refractivity contribution is -0.336. The van der Waals surface area contributed by atoms with Gasteiger partial charge in [-0.15, -0.1) is 6.58 Å². The molecule has 1 rings (SSSR count). The van der Waals surface area contributed by atoms with E-state index in [0.29, 0.717) is 13.0 Å². The highest BCUT2D eigenvalue weighted by atomic mass is 16.7. The van der Waals surface area contributed by atoms with Gasteiger partial charge in [0.2, 0.25) is 0 Å². The van der Waals surface area contributed by atoms with E-state index in [1.807, 2.05) is 20.8 Å². The van der Waals surface area contributed by atoms with Gasteiger partial charge in [-0.2, -0.15) is 0 Å². The van der Waals surface area contributed by atoms with Gasteiger partial charge in [-0.3, -0.25) is 4.79 Å². The lowest BCUT2D eigenvalue weighted by atomic mass is 9.84. The molecule has 0 bridgehead atoms. The maximum absolute atomic E-state index is 11.9. The van der Waals surface area contributed by atoms with Crippen molar-refractivity contribution in [2.24, 2.45) is 5.92 Å². The fraction of sp³-hybridized carbons (Fsp3) is 0.750. The molecule has 0 aliphatic carbocycles. The molecule has 1 heterocycles. The predicted molar refractivity (Wildman–Crippen MR) is 96.7 cm³/mol. The summed E-state index contributed by atoms with van der Waals surface area (Å²) in [4.78, 5) is 11.9. The first-order valence-electron chi connectivity index (χ1n) is 8.90. The SMILES string of the molecule is C=C[C@H](CC(=O)OCC)[C@H]1C[C@](C)(CCC=C(C)C)OC(C)(C)O1. The fourth-order valence-corrected chi connectivity index (χ4v) is 3.33. The summed E-state index contributed by atoms with van der Waals surface area (Å²) in [6, 6.07) is 0. The molecule has 1 aliphatic rings. The normalized spacial score (nSPS) is 27.2. The van der Waals surface area contributed by atoms with Crippen LogP contribution < -0.4 is 0 Å². The molecule has 138 valence electrons.